The van der Waals surface area contributed by atoms with Crippen LogP contribution in [-0.2, 0) is 0 Å². The third-order valence-electron chi connectivity index (χ3n) is 4.75. The molecule has 144 valence electrons. The molecule has 0 unspecified atom stereocenters. The van der Waals surface area contributed by atoms with E-state index in [0.717, 1.165) is 10.8 Å². The number of carbonyl (C=O) groups excluding carboxylic acids is 2. The number of ketones is 1. The van der Waals surface area contributed by atoms with Gasteiger partial charge >= 0.3 is 0 Å². The van der Waals surface area contributed by atoms with Gasteiger partial charge in [0, 0.05) is 23.2 Å². The van der Waals surface area contributed by atoms with Gasteiger partial charge in [-0.3, -0.25) is 14.6 Å². The Kier molecular flexibility index (Phi) is 4.60. The van der Waals surface area contributed by atoms with E-state index in [0.29, 0.717) is 39.3 Å². The van der Waals surface area contributed by atoms with Crippen molar-refractivity contribution in [1.82, 2.24) is 4.98 Å². The molecule has 0 aliphatic carbocycles. The first-order valence-corrected chi connectivity index (χ1v) is 8.96. The van der Waals surface area contributed by atoms with Gasteiger partial charge in [0.15, 0.2) is 5.78 Å². The van der Waals surface area contributed by atoms with Crippen LogP contribution in [0.2, 0.25) is 0 Å². The molecule has 0 saturated heterocycles. The predicted molar refractivity (Wildman–Crippen MR) is 111 cm³/mol. The highest BCUT2D eigenvalue weighted by Gasteiger charge is 2.14. The number of rotatable bonds is 5. The summed E-state index contributed by atoms with van der Waals surface area (Å²) in [7, 11) is 1.52. The van der Waals surface area contributed by atoms with Gasteiger partial charge in [-0.15, -0.1) is 0 Å². The maximum absolute atomic E-state index is 12.0. The third-order valence-corrected chi connectivity index (χ3v) is 4.75. The summed E-state index contributed by atoms with van der Waals surface area (Å²) in [4.78, 5) is 28.0. The van der Waals surface area contributed by atoms with Crippen LogP contribution in [0.4, 0.5) is 0 Å². The van der Waals surface area contributed by atoms with Crippen LogP contribution in [0, 0.1) is 0 Å². The Morgan fingerprint density at radius 3 is 2.48 bits per heavy atom. The van der Waals surface area contributed by atoms with Gasteiger partial charge in [0.1, 0.15) is 17.2 Å². The van der Waals surface area contributed by atoms with E-state index in [9.17, 15) is 9.59 Å². The molecule has 3 aromatic carbocycles. The molecule has 0 aliphatic rings. The van der Waals surface area contributed by atoms with Crippen LogP contribution in [0.1, 0.15) is 27.6 Å². The first kappa shape index (κ1) is 18.4. The summed E-state index contributed by atoms with van der Waals surface area (Å²) < 4.78 is 11.4. The van der Waals surface area contributed by atoms with Crippen molar-refractivity contribution >= 4 is 33.4 Å². The van der Waals surface area contributed by atoms with Crippen LogP contribution in [0.5, 0.6) is 17.2 Å². The number of nitrogens with two attached hydrogens (primary N) is 1. The second-order valence-corrected chi connectivity index (χ2v) is 6.59. The Hall–Kier alpha value is -3.93. The number of nitrogens with zero attached hydrogens (tertiary/aromatic N) is 1. The molecule has 0 aliphatic heterocycles. The van der Waals surface area contributed by atoms with E-state index < -0.39 is 5.91 Å². The molecule has 0 radical (unpaired) electrons. The molecule has 2 N–H and O–H groups in total. The van der Waals surface area contributed by atoms with Crippen molar-refractivity contribution in [3.63, 3.8) is 0 Å². The predicted octanol–water partition coefficient (Wildman–Crippen LogP) is 4.49. The number of primary amides is 1. The normalized spacial score (nSPS) is 10.8. The molecule has 6 nitrogen and oxygen atoms in total. The molecule has 0 bridgehead atoms. The summed E-state index contributed by atoms with van der Waals surface area (Å²) in [5.41, 5.74) is 7.03. The zero-order valence-corrected chi connectivity index (χ0v) is 15.9. The minimum absolute atomic E-state index is 0.108. The number of benzene rings is 3. The first-order valence-electron chi connectivity index (χ1n) is 8.96. The van der Waals surface area contributed by atoms with Gasteiger partial charge in [-0.05, 0) is 54.1 Å². The van der Waals surface area contributed by atoms with Gasteiger partial charge in [0.2, 0.25) is 5.91 Å². The molecule has 6 heteroatoms. The van der Waals surface area contributed by atoms with Crippen LogP contribution >= 0.6 is 0 Å². The second kappa shape index (κ2) is 7.24. The number of carbonyl (C=O) groups is 2. The fraction of sp³-hybridized carbons (Fsp3) is 0.0870. The highest BCUT2D eigenvalue weighted by Crippen LogP contribution is 2.34. The number of amides is 1. The number of aromatic nitrogens is 1. The van der Waals surface area contributed by atoms with E-state index in [2.05, 4.69) is 4.98 Å². The molecule has 1 heterocycles. The average molecular weight is 386 g/mol. The summed E-state index contributed by atoms with van der Waals surface area (Å²) in [5, 5.41) is 2.29. The van der Waals surface area contributed by atoms with Crippen LogP contribution < -0.4 is 15.2 Å². The van der Waals surface area contributed by atoms with Crippen molar-refractivity contribution < 1.29 is 19.1 Å². The van der Waals surface area contributed by atoms with Gasteiger partial charge in [-0.25, -0.2) is 0 Å². The molecular formula is C23H18N2O4. The zero-order chi connectivity index (χ0) is 20.5. The first-order chi connectivity index (χ1) is 14.0. The number of hydrogen-bond acceptors (Lipinski definition) is 5. The molecule has 29 heavy (non-hydrogen) atoms. The summed E-state index contributed by atoms with van der Waals surface area (Å²) in [6.07, 6.45) is 1.64. The van der Waals surface area contributed by atoms with Crippen molar-refractivity contribution in [1.29, 1.82) is 0 Å². The van der Waals surface area contributed by atoms with Crippen molar-refractivity contribution in [2.45, 2.75) is 6.92 Å². The van der Waals surface area contributed by atoms with E-state index >= 15 is 0 Å². The average Bonchev–Trinajstić information content (AvgIpc) is 2.72. The highest BCUT2D eigenvalue weighted by atomic mass is 16.5. The lowest BCUT2D eigenvalue weighted by atomic mass is 10.0. The van der Waals surface area contributed by atoms with Crippen molar-refractivity contribution in [3.8, 4) is 17.2 Å². The smallest absolute Gasteiger partial charge is 0.249 e. The molecular weight excluding hydrogens is 368 g/mol. The van der Waals surface area contributed by atoms with Crippen LogP contribution in [0.3, 0.4) is 0 Å². The molecule has 0 saturated carbocycles. The Balaban J connectivity index is 1.81. The molecule has 0 spiro atoms. The fourth-order valence-corrected chi connectivity index (χ4v) is 3.35. The standard InChI is InChI=1S/C23H18N2O4/c1-13(26)18-11-19-20(12-22(18)28-2)25-9-8-21(19)29-15-6-7-16-14(10-15)4-3-5-17(16)23(24)27/h3-12H,1-2H3,(H2,24,27). The molecule has 4 rings (SSSR count). The lowest BCUT2D eigenvalue weighted by Gasteiger charge is -2.12. The van der Waals surface area contributed by atoms with Crippen molar-refractivity contribution in [2.24, 2.45) is 5.73 Å². The van der Waals surface area contributed by atoms with Crippen LogP contribution in [0.25, 0.3) is 21.7 Å². The minimum Gasteiger partial charge on any atom is -0.496 e. The Labute approximate surface area is 166 Å². The van der Waals surface area contributed by atoms with Crippen molar-refractivity contribution in [3.05, 3.63) is 71.9 Å². The Morgan fingerprint density at radius 2 is 1.76 bits per heavy atom. The summed E-state index contributed by atoms with van der Waals surface area (Å²) in [6, 6.07) is 16.0. The topological polar surface area (TPSA) is 91.5 Å². The quantitative estimate of drug-likeness (QED) is 0.510. The van der Waals surface area contributed by atoms with Gasteiger partial charge < -0.3 is 15.2 Å². The minimum atomic E-state index is -0.477. The third kappa shape index (κ3) is 3.36. The van der Waals surface area contributed by atoms with E-state index in [1.54, 1.807) is 48.7 Å². The zero-order valence-electron chi connectivity index (χ0n) is 15.9. The number of Topliss-reactive ketones (excluding diaryl/α,β-unsaturated/α-hetero) is 1. The van der Waals surface area contributed by atoms with Gasteiger partial charge in [0.25, 0.3) is 0 Å². The fourth-order valence-electron chi connectivity index (χ4n) is 3.35. The monoisotopic (exact) mass is 386 g/mol. The molecule has 4 aromatic rings. The van der Waals surface area contributed by atoms with Gasteiger partial charge in [-0.1, -0.05) is 12.1 Å². The maximum Gasteiger partial charge on any atom is 0.249 e. The van der Waals surface area contributed by atoms with Crippen LogP contribution in [0.15, 0.2) is 60.8 Å². The number of ether oxygens (including phenoxy) is 2. The largest absolute Gasteiger partial charge is 0.496 e. The van der Waals surface area contributed by atoms with Gasteiger partial charge in [0.05, 0.1) is 18.2 Å². The number of fused-ring (bicyclic) bond motifs is 2. The second-order valence-electron chi connectivity index (χ2n) is 6.59. The molecule has 1 amide bonds. The summed E-state index contributed by atoms with van der Waals surface area (Å²) in [6.45, 7) is 1.49. The number of pyridine rings is 1. The van der Waals surface area contributed by atoms with Crippen molar-refractivity contribution in [2.75, 3.05) is 7.11 Å². The molecule has 1 aromatic heterocycles. The lowest BCUT2D eigenvalue weighted by Crippen LogP contribution is -2.11. The van der Waals surface area contributed by atoms with E-state index in [1.165, 1.54) is 14.0 Å². The molecule has 0 fully saturated rings. The molecule has 0 atom stereocenters. The van der Waals surface area contributed by atoms with Crippen LogP contribution in [-0.4, -0.2) is 23.8 Å². The summed E-state index contributed by atoms with van der Waals surface area (Å²) in [5.74, 6) is 1.04. The highest BCUT2D eigenvalue weighted by molar-refractivity contribution is 6.06. The van der Waals surface area contributed by atoms with Gasteiger partial charge in [-0.2, -0.15) is 0 Å². The van der Waals surface area contributed by atoms with E-state index in [1.807, 2.05) is 12.1 Å². The van der Waals surface area contributed by atoms with E-state index in [-0.39, 0.29) is 5.78 Å². The lowest BCUT2D eigenvalue weighted by molar-refractivity contribution is 0.0996. The number of methoxy groups -OCH3 is 1. The number of hydrogen-bond donors (Lipinski definition) is 1. The Bertz CT molecular complexity index is 1280. The summed E-state index contributed by atoms with van der Waals surface area (Å²) >= 11 is 0. The SMILES string of the molecule is COc1cc2nccc(Oc3ccc4c(C(N)=O)cccc4c3)c2cc1C(C)=O. The maximum atomic E-state index is 12.0. The Morgan fingerprint density at radius 1 is 0.931 bits per heavy atom. The van der Waals surface area contributed by atoms with E-state index in [4.69, 9.17) is 15.2 Å².